The summed E-state index contributed by atoms with van der Waals surface area (Å²) in [5, 5.41) is 3.72. The summed E-state index contributed by atoms with van der Waals surface area (Å²) >= 11 is 0. The molecule has 1 aliphatic heterocycles. The molecule has 1 N–H and O–H groups in total. The molecular formula is C14H24N2. The van der Waals surface area contributed by atoms with E-state index in [1.54, 1.807) is 0 Å². The fraction of sp³-hybridized carbons (Fsp3) is 0.857. The first kappa shape index (κ1) is 12.0. The molecule has 2 aliphatic rings. The molecule has 90 valence electrons. The van der Waals surface area contributed by atoms with Gasteiger partial charge < -0.3 is 5.32 Å². The van der Waals surface area contributed by atoms with Gasteiger partial charge in [-0.05, 0) is 25.7 Å². The number of hydrogen-bond acceptors (Lipinski definition) is 2. The second-order valence-corrected chi connectivity index (χ2v) is 5.40. The summed E-state index contributed by atoms with van der Waals surface area (Å²) in [7, 11) is 0. The van der Waals surface area contributed by atoms with Gasteiger partial charge in [0.15, 0.2) is 0 Å². The van der Waals surface area contributed by atoms with Gasteiger partial charge in [0.1, 0.15) is 0 Å². The second-order valence-electron chi connectivity index (χ2n) is 5.40. The van der Waals surface area contributed by atoms with E-state index in [9.17, 15) is 0 Å². The molecule has 0 amide bonds. The third-order valence-corrected chi connectivity index (χ3v) is 4.24. The minimum absolute atomic E-state index is 0.593. The Labute approximate surface area is 99.8 Å². The molecule has 2 fully saturated rings. The van der Waals surface area contributed by atoms with E-state index < -0.39 is 0 Å². The minimum atomic E-state index is 0.593. The monoisotopic (exact) mass is 220 g/mol. The number of terminal acetylenes is 1. The molecule has 1 saturated carbocycles. The van der Waals surface area contributed by atoms with Crippen LogP contribution in [-0.4, -0.2) is 36.6 Å². The average Bonchev–Trinajstić information content (AvgIpc) is 2.33. The Bertz CT molecular complexity index is 250. The molecule has 1 aliphatic carbocycles. The van der Waals surface area contributed by atoms with E-state index >= 15 is 0 Å². The van der Waals surface area contributed by atoms with Crippen molar-refractivity contribution in [2.45, 2.75) is 51.1 Å². The molecular weight excluding hydrogens is 196 g/mol. The Kier molecular flexibility index (Phi) is 4.26. The number of hydrogen-bond donors (Lipinski definition) is 1. The molecule has 2 unspecified atom stereocenters. The minimum Gasteiger partial charge on any atom is -0.311 e. The highest BCUT2D eigenvalue weighted by Crippen LogP contribution is 2.28. The lowest BCUT2D eigenvalue weighted by Crippen LogP contribution is -2.57. The van der Waals surface area contributed by atoms with Gasteiger partial charge in [-0.25, -0.2) is 0 Å². The third-order valence-electron chi connectivity index (χ3n) is 4.24. The third kappa shape index (κ3) is 2.78. The molecule has 2 rings (SSSR count). The van der Waals surface area contributed by atoms with Crippen LogP contribution < -0.4 is 5.32 Å². The molecule has 0 aromatic heterocycles. The first-order chi connectivity index (χ1) is 7.81. The smallest absolute Gasteiger partial charge is 0.0602 e. The van der Waals surface area contributed by atoms with Gasteiger partial charge in [-0.15, -0.1) is 6.42 Å². The van der Waals surface area contributed by atoms with Crippen LogP contribution in [0, 0.1) is 18.3 Å². The molecule has 0 aromatic carbocycles. The summed E-state index contributed by atoms with van der Waals surface area (Å²) in [5.74, 6) is 3.68. The molecule has 2 heteroatoms. The van der Waals surface area contributed by atoms with Crippen molar-refractivity contribution in [3.8, 4) is 12.3 Å². The van der Waals surface area contributed by atoms with Gasteiger partial charge in [-0.1, -0.05) is 25.2 Å². The molecule has 1 heterocycles. The van der Waals surface area contributed by atoms with Crippen LogP contribution in [0.5, 0.6) is 0 Å². The zero-order valence-corrected chi connectivity index (χ0v) is 10.4. The molecule has 0 spiro atoms. The van der Waals surface area contributed by atoms with Gasteiger partial charge in [0, 0.05) is 25.2 Å². The average molecular weight is 220 g/mol. The number of piperazine rings is 1. The van der Waals surface area contributed by atoms with Crippen molar-refractivity contribution in [3.05, 3.63) is 0 Å². The van der Waals surface area contributed by atoms with Gasteiger partial charge in [0.2, 0.25) is 0 Å². The maximum absolute atomic E-state index is 5.43. The number of nitrogens with one attached hydrogen (secondary N) is 1. The lowest BCUT2D eigenvalue weighted by Gasteiger charge is -2.42. The fourth-order valence-electron chi connectivity index (χ4n) is 3.14. The summed E-state index contributed by atoms with van der Waals surface area (Å²) in [5.41, 5.74) is 0. The summed E-state index contributed by atoms with van der Waals surface area (Å²) < 4.78 is 0. The normalized spacial score (nSPS) is 33.5. The number of rotatable bonds is 2. The summed E-state index contributed by atoms with van der Waals surface area (Å²) in [4.78, 5) is 2.45. The second kappa shape index (κ2) is 5.70. The van der Waals surface area contributed by atoms with E-state index in [0.717, 1.165) is 25.6 Å². The highest BCUT2D eigenvalue weighted by Gasteiger charge is 2.30. The maximum atomic E-state index is 5.43. The van der Waals surface area contributed by atoms with Crippen LogP contribution in [0.4, 0.5) is 0 Å². The van der Waals surface area contributed by atoms with Crippen LogP contribution in [0.25, 0.3) is 0 Å². The fourth-order valence-corrected chi connectivity index (χ4v) is 3.14. The zero-order chi connectivity index (χ0) is 11.4. The quantitative estimate of drug-likeness (QED) is 0.715. The van der Waals surface area contributed by atoms with Crippen molar-refractivity contribution in [1.29, 1.82) is 0 Å². The van der Waals surface area contributed by atoms with Crippen LogP contribution in [0.15, 0.2) is 0 Å². The summed E-state index contributed by atoms with van der Waals surface area (Å²) in [6.45, 7) is 5.33. The molecule has 2 atom stereocenters. The van der Waals surface area contributed by atoms with Gasteiger partial charge in [-0.3, -0.25) is 4.90 Å². The summed E-state index contributed by atoms with van der Waals surface area (Å²) in [6, 6.07) is 1.28. The summed E-state index contributed by atoms with van der Waals surface area (Å²) in [6.07, 6.45) is 12.5. The predicted molar refractivity (Wildman–Crippen MR) is 68.2 cm³/mol. The van der Waals surface area contributed by atoms with Gasteiger partial charge in [0.05, 0.1) is 6.54 Å². The molecule has 1 saturated heterocycles. The Hall–Kier alpha value is -0.520. The van der Waals surface area contributed by atoms with Crippen LogP contribution in [0.1, 0.15) is 39.0 Å². The van der Waals surface area contributed by atoms with E-state index in [4.69, 9.17) is 6.42 Å². The Balaban J connectivity index is 1.89. The van der Waals surface area contributed by atoms with Gasteiger partial charge in [-0.2, -0.15) is 0 Å². The van der Waals surface area contributed by atoms with E-state index in [0.29, 0.717) is 12.1 Å². The van der Waals surface area contributed by atoms with Gasteiger partial charge in [0.25, 0.3) is 0 Å². The molecule has 2 nitrogen and oxygen atoms in total. The Morgan fingerprint density at radius 1 is 1.31 bits per heavy atom. The highest BCUT2D eigenvalue weighted by molar-refractivity contribution is 4.95. The van der Waals surface area contributed by atoms with Crippen molar-refractivity contribution < 1.29 is 0 Å². The van der Waals surface area contributed by atoms with Crippen LogP contribution >= 0.6 is 0 Å². The largest absolute Gasteiger partial charge is 0.311 e. The van der Waals surface area contributed by atoms with Crippen molar-refractivity contribution in [2.75, 3.05) is 19.6 Å². The Morgan fingerprint density at radius 2 is 2.06 bits per heavy atom. The topological polar surface area (TPSA) is 15.3 Å². The van der Waals surface area contributed by atoms with E-state index in [1.165, 1.54) is 32.1 Å². The van der Waals surface area contributed by atoms with E-state index in [1.807, 2.05) is 0 Å². The standard InChI is InChI=1S/C14H24N2/c1-3-9-16-11-14(15-10-12(16)2)13-7-5-4-6-8-13/h1,12-15H,4-11H2,2H3. The van der Waals surface area contributed by atoms with Crippen LogP contribution in [-0.2, 0) is 0 Å². The first-order valence-corrected chi connectivity index (χ1v) is 6.72. The molecule has 0 aromatic rings. The first-order valence-electron chi connectivity index (χ1n) is 6.72. The maximum Gasteiger partial charge on any atom is 0.0602 e. The molecule has 0 bridgehead atoms. The van der Waals surface area contributed by atoms with Crippen molar-refractivity contribution in [3.63, 3.8) is 0 Å². The van der Waals surface area contributed by atoms with Crippen LogP contribution in [0.2, 0.25) is 0 Å². The van der Waals surface area contributed by atoms with Crippen molar-refractivity contribution >= 4 is 0 Å². The lowest BCUT2D eigenvalue weighted by atomic mass is 9.82. The predicted octanol–water partition coefficient (Wildman–Crippen LogP) is 1.86. The number of nitrogens with zero attached hydrogens (tertiary/aromatic N) is 1. The lowest BCUT2D eigenvalue weighted by molar-refractivity contribution is 0.117. The van der Waals surface area contributed by atoms with Crippen LogP contribution in [0.3, 0.4) is 0 Å². The molecule has 16 heavy (non-hydrogen) atoms. The van der Waals surface area contributed by atoms with E-state index in [2.05, 4.69) is 23.1 Å². The van der Waals surface area contributed by atoms with E-state index in [-0.39, 0.29) is 0 Å². The molecule has 0 radical (unpaired) electrons. The van der Waals surface area contributed by atoms with Crippen molar-refractivity contribution in [2.24, 2.45) is 5.92 Å². The zero-order valence-electron chi connectivity index (χ0n) is 10.4. The highest BCUT2D eigenvalue weighted by atomic mass is 15.2. The van der Waals surface area contributed by atoms with Crippen molar-refractivity contribution in [1.82, 2.24) is 10.2 Å². The SMILES string of the molecule is C#CCN1CC(C2CCCCC2)NCC1C. The van der Waals surface area contributed by atoms with Gasteiger partial charge >= 0.3 is 0 Å². The Morgan fingerprint density at radius 3 is 2.75 bits per heavy atom.